The highest BCUT2D eigenvalue weighted by Crippen LogP contribution is 2.24. The highest BCUT2D eigenvalue weighted by molar-refractivity contribution is 5.92. The second-order valence-electron chi connectivity index (χ2n) is 5.16. The highest BCUT2D eigenvalue weighted by Gasteiger charge is 2.30. The van der Waals surface area contributed by atoms with E-state index >= 15 is 0 Å². The molecule has 2 N–H and O–H groups in total. The van der Waals surface area contributed by atoms with Crippen molar-refractivity contribution in [2.45, 2.75) is 27.2 Å². The summed E-state index contributed by atoms with van der Waals surface area (Å²) < 4.78 is 5.39. The summed E-state index contributed by atoms with van der Waals surface area (Å²) in [5.41, 5.74) is 6.42. The minimum absolute atomic E-state index is 0.0570. The molecule has 0 aliphatic carbocycles. The van der Waals surface area contributed by atoms with Crippen molar-refractivity contribution < 1.29 is 9.21 Å². The van der Waals surface area contributed by atoms with Crippen LogP contribution in [0.25, 0.3) is 0 Å². The number of oxazole rings is 1. The van der Waals surface area contributed by atoms with Gasteiger partial charge in [-0.15, -0.1) is 0 Å². The summed E-state index contributed by atoms with van der Waals surface area (Å²) in [6, 6.07) is 0. The molecule has 5 heteroatoms. The van der Waals surface area contributed by atoms with E-state index in [2.05, 4.69) is 11.9 Å². The average Bonchev–Trinajstić information content (AvgIpc) is 2.68. The number of likely N-dealkylation sites (tertiary alicyclic amines) is 1. The molecule has 1 aliphatic heterocycles. The Kier molecular flexibility index (Phi) is 3.71. The van der Waals surface area contributed by atoms with Crippen LogP contribution in [0.15, 0.2) is 4.42 Å². The first-order valence-corrected chi connectivity index (χ1v) is 6.46. The molecule has 0 spiro atoms. The van der Waals surface area contributed by atoms with Gasteiger partial charge >= 0.3 is 0 Å². The first-order chi connectivity index (χ1) is 8.52. The van der Waals surface area contributed by atoms with Crippen LogP contribution in [0.2, 0.25) is 0 Å². The van der Waals surface area contributed by atoms with Gasteiger partial charge in [0.15, 0.2) is 5.89 Å². The lowest BCUT2D eigenvalue weighted by Gasteiger charge is -2.36. The Morgan fingerprint density at radius 3 is 2.83 bits per heavy atom. The molecule has 2 atom stereocenters. The Morgan fingerprint density at radius 1 is 1.56 bits per heavy atom. The van der Waals surface area contributed by atoms with Crippen LogP contribution in [0.1, 0.15) is 35.5 Å². The number of aryl methyl sites for hydroxylation is 2. The van der Waals surface area contributed by atoms with Crippen molar-refractivity contribution in [2.75, 3.05) is 19.6 Å². The molecule has 2 rings (SSSR count). The monoisotopic (exact) mass is 251 g/mol. The predicted molar refractivity (Wildman–Crippen MR) is 68.2 cm³/mol. The van der Waals surface area contributed by atoms with Crippen LogP contribution in [0.5, 0.6) is 0 Å². The molecule has 1 fully saturated rings. The summed E-state index contributed by atoms with van der Waals surface area (Å²) in [6.45, 7) is 7.87. The van der Waals surface area contributed by atoms with Crippen molar-refractivity contribution in [3.05, 3.63) is 17.3 Å². The fourth-order valence-electron chi connectivity index (χ4n) is 2.51. The van der Waals surface area contributed by atoms with Gasteiger partial charge in [0, 0.05) is 20.0 Å². The maximum Gasteiger partial charge on any atom is 0.291 e. The molecular weight excluding hydrogens is 230 g/mol. The number of amides is 1. The third kappa shape index (κ3) is 2.41. The quantitative estimate of drug-likeness (QED) is 0.861. The molecule has 2 heterocycles. The number of aromatic nitrogens is 1. The Labute approximate surface area is 107 Å². The van der Waals surface area contributed by atoms with Gasteiger partial charge in [0.1, 0.15) is 0 Å². The molecule has 1 aliphatic rings. The van der Waals surface area contributed by atoms with Gasteiger partial charge in [-0.25, -0.2) is 4.98 Å². The van der Waals surface area contributed by atoms with E-state index in [0.29, 0.717) is 35.7 Å². The van der Waals surface area contributed by atoms with Gasteiger partial charge in [-0.05, 0) is 31.7 Å². The van der Waals surface area contributed by atoms with Crippen LogP contribution in [-0.4, -0.2) is 35.4 Å². The molecule has 0 radical (unpaired) electrons. The molecule has 1 amide bonds. The minimum Gasteiger partial charge on any atom is -0.436 e. The number of carbonyl (C=O) groups excluding carboxylic acids is 1. The second-order valence-corrected chi connectivity index (χ2v) is 5.16. The van der Waals surface area contributed by atoms with E-state index in [1.165, 1.54) is 0 Å². The molecule has 100 valence electrons. The average molecular weight is 251 g/mol. The molecule has 0 bridgehead atoms. The van der Waals surface area contributed by atoms with Gasteiger partial charge in [-0.2, -0.15) is 0 Å². The zero-order valence-electron chi connectivity index (χ0n) is 11.3. The normalized spacial score (nSPS) is 24.3. The molecule has 1 saturated heterocycles. The van der Waals surface area contributed by atoms with Gasteiger partial charge in [0.25, 0.3) is 5.91 Å². The van der Waals surface area contributed by atoms with E-state index < -0.39 is 0 Å². The second kappa shape index (κ2) is 5.10. The summed E-state index contributed by atoms with van der Waals surface area (Å²) in [5, 5.41) is 0. The molecule has 18 heavy (non-hydrogen) atoms. The standard InChI is InChI=1S/C13H21N3O2/c1-8-4-5-16(7-11(8)6-14)13(17)12-9(2)15-10(3)18-12/h8,11H,4-7,14H2,1-3H3. The van der Waals surface area contributed by atoms with Crippen LogP contribution in [0.4, 0.5) is 0 Å². The Bertz CT molecular complexity index is 441. The molecule has 1 aromatic heterocycles. The Hall–Kier alpha value is -1.36. The van der Waals surface area contributed by atoms with Crippen molar-refractivity contribution in [1.82, 2.24) is 9.88 Å². The molecule has 0 saturated carbocycles. The number of hydrogen-bond acceptors (Lipinski definition) is 4. The van der Waals surface area contributed by atoms with Crippen LogP contribution in [0.3, 0.4) is 0 Å². The van der Waals surface area contributed by atoms with Crippen molar-refractivity contribution in [3.8, 4) is 0 Å². The van der Waals surface area contributed by atoms with Gasteiger partial charge < -0.3 is 15.1 Å². The maximum absolute atomic E-state index is 12.4. The van der Waals surface area contributed by atoms with Gasteiger partial charge in [-0.3, -0.25) is 4.79 Å². The van der Waals surface area contributed by atoms with E-state index in [4.69, 9.17) is 10.2 Å². The SMILES string of the molecule is Cc1nc(C)c(C(=O)N2CCC(C)C(CN)C2)o1. The summed E-state index contributed by atoms with van der Waals surface area (Å²) in [6.07, 6.45) is 1.000. The lowest BCUT2D eigenvalue weighted by Crippen LogP contribution is -2.45. The molecule has 1 aromatic rings. The first-order valence-electron chi connectivity index (χ1n) is 6.46. The van der Waals surface area contributed by atoms with Crippen molar-refractivity contribution >= 4 is 5.91 Å². The maximum atomic E-state index is 12.4. The number of carbonyl (C=O) groups is 1. The Balaban J connectivity index is 2.12. The van der Waals surface area contributed by atoms with E-state index in [1.54, 1.807) is 13.8 Å². The number of nitrogens with zero attached hydrogens (tertiary/aromatic N) is 2. The van der Waals surface area contributed by atoms with Crippen molar-refractivity contribution in [2.24, 2.45) is 17.6 Å². The zero-order chi connectivity index (χ0) is 13.3. The smallest absolute Gasteiger partial charge is 0.291 e. The van der Waals surface area contributed by atoms with Gasteiger partial charge in [-0.1, -0.05) is 6.92 Å². The van der Waals surface area contributed by atoms with E-state index in [-0.39, 0.29) is 5.91 Å². The number of piperidine rings is 1. The first kappa shape index (κ1) is 13.1. The van der Waals surface area contributed by atoms with Crippen LogP contribution in [0, 0.1) is 25.7 Å². The summed E-state index contributed by atoms with van der Waals surface area (Å²) >= 11 is 0. The number of nitrogens with two attached hydrogens (primary N) is 1. The van der Waals surface area contributed by atoms with Gasteiger partial charge in [0.2, 0.25) is 5.76 Å². The third-order valence-corrected chi connectivity index (χ3v) is 3.80. The van der Waals surface area contributed by atoms with Crippen LogP contribution in [-0.2, 0) is 0 Å². The highest BCUT2D eigenvalue weighted by atomic mass is 16.4. The number of hydrogen-bond donors (Lipinski definition) is 1. The van der Waals surface area contributed by atoms with Crippen LogP contribution < -0.4 is 5.73 Å². The lowest BCUT2D eigenvalue weighted by molar-refractivity contribution is 0.0585. The summed E-state index contributed by atoms with van der Waals surface area (Å²) in [7, 11) is 0. The molecular formula is C13H21N3O2. The lowest BCUT2D eigenvalue weighted by atomic mass is 9.87. The van der Waals surface area contributed by atoms with Crippen molar-refractivity contribution in [1.29, 1.82) is 0 Å². The van der Waals surface area contributed by atoms with Gasteiger partial charge in [0.05, 0.1) is 5.69 Å². The molecule has 0 aromatic carbocycles. The van der Waals surface area contributed by atoms with E-state index in [0.717, 1.165) is 19.5 Å². The van der Waals surface area contributed by atoms with Crippen molar-refractivity contribution in [3.63, 3.8) is 0 Å². The largest absolute Gasteiger partial charge is 0.436 e. The predicted octanol–water partition coefficient (Wildman–Crippen LogP) is 1.35. The molecule has 2 unspecified atom stereocenters. The van der Waals surface area contributed by atoms with E-state index in [9.17, 15) is 4.79 Å². The summed E-state index contributed by atoms with van der Waals surface area (Å²) in [4.78, 5) is 18.3. The molecule has 5 nitrogen and oxygen atoms in total. The summed E-state index contributed by atoms with van der Waals surface area (Å²) in [5.74, 6) is 1.82. The topological polar surface area (TPSA) is 72.4 Å². The minimum atomic E-state index is -0.0570. The Morgan fingerprint density at radius 2 is 2.28 bits per heavy atom. The third-order valence-electron chi connectivity index (χ3n) is 3.80. The van der Waals surface area contributed by atoms with E-state index in [1.807, 2.05) is 4.90 Å². The fraction of sp³-hybridized carbons (Fsp3) is 0.692. The zero-order valence-corrected chi connectivity index (χ0v) is 11.3. The van der Waals surface area contributed by atoms with Crippen LogP contribution >= 0.6 is 0 Å². The fourth-order valence-corrected chi connectivity index (χ4v) is 2.51. The number of rotatable bonds is 2.